The van der Waals surface area contributed by atoms with Gasteiger partial charge >= 0.3 is 0 Å². The minimum atomic E-state index is -1.05. The quantitative estimate of drug-likeness (QED) is 0.0791. The molecule has 2 aromatic carbocycles. The molecule has 324 valence electrons. The van der Waals surface area contributed by atoms with Gasteiger partial charge in [0.1, 0.15) is 58.5 Å². The molecule has 0 radical (unpaired) electrons. The topological polar surface area (TPSA) is 193 Å². The summed E-state index contributed by atoms with van der Waals surface area (Å²) in [7, 11) is 2.60. The maximum absolute atomic E-state index is 14.5. The summed E-state index contributed by atoms with van der Waals surface area (Å²) in [4.78, 5) is 31.4. The van der Waals surface area contributed by atoms with Crippen molar-refractivity contribution in [2.45, 2.75) is 48.9 Å². The van der Waals surface area contributed by atoms with Crippen molar-refractivity contribution in [2.24, 2.45) is 5.73 Å². The van der Waals surface area contributed by atoms with E-state index in [0.717, 1.165) is 12.1 Å². The monoisotopic (exact) mass is 870 g/mol. The molecule has 2 saturated carbocycles. The van der Waals surface area contributed by atoms with Gasteiger partial charge in [0.25, 0.3) is 5.91 Å². The molecular formula is C42H36F6N12O3. The van der Waals surface area contributed by atoms with Crippen molar-refractivity contribution in [2.75, 3.05) is 37.9 Å². The highest BCUT2D eigenvalue weighted by Crippen LogP contribution is 2.47. The fourth-order valence-corrected chi connectivity index (χ4v) is 7.69. The molecular weight excluding hydrogens is 835 g/mol. The van der Waals surface area contributed by atoms with Gasteiger partial charge in [-0.05, 0) is 74.2 Å². The van der Waals surface area contributed by atoms with E-state index in [1.807, 2.05) is 0 Å². The predicted molar refractivity (Wildman–Crippen MR) is 215 cm³/mol. The molecule has 0 aliphatic heterocycles. The minimum Gasteiger partial charge on any atom is -0.507 e. The van der Waals surface area contributed by atoms with Crippen LogP contribution in [0.15, 0.2) is 73.3 Å². The molecule has 4 N–H and O–H groups in total. The molecule has 2 aliphatic rings. The number of aromatic nitrogens is 8. The third-order valence-corrected chi connectivity index (χ3v) is 10.8. The first-order valence-corrected chi connectivity index (χ1v) is 19.1. The number of hydrogen-bond acceptors (Lipinski definition) is 13. The van der Waals surface area contributed by atoms with Crippen LogP contribution in [-0.2, 0) is 10.8 Å². The molecule has 2 fully saturated rings. The number of anilines is 2. The van der Waals surface area contributed by atoms with E-state index in [0.29, 0.717) is 0 Å². The van der Waals surface area contributed by atoms with Crippen molar-refractivity contribution in [1.29, 1.82) is 0 Å². The lowest BCUT2D eigenvalue weighted by atomic mass is 9.65. The number of methoxy groups -OCH3 is 2. The molecule has 4 heterocycles. The van der Waals surface area contributed by atoms with Crippen LogP contribution in [0.4, 0.5) is 43.9 Å². The van der Waals surface area contributed by atoms with Crippen LogP contribution >= 0.6 is 0 Å². The Hall–Kier alpha value is -7.50. The van der Waals surface area contributed by atoms with Crippen molar-refractivity contribution in [3.05, 3.63) is 125 Å². The third kappa shape index (κ3) is 8.82. The second kappa shape index (κ2) is 18.2. The Bertz CT molecular complexity index is 2660. The van der Waals surface area contributed by atoms with E-state index in [1.54, 1.807) is 0 Å². The number of halogens is 6. The van der Waals surface area contributed by atoms with E-state index >= 15 is 0 Å². The Morgan fingerprint density at radius 3 is 1.54 bits per heavy atom. The van der Waals surface area contributed by atoms with Crippen LogP contribution in [0.2, 0.25) is 0 Å². The lowest BCUT2D eigenvalue weighted by Crippen LogP contribution is -2.49. The largest absolute Gasteiger partial charge is 0.507 e. The Morgan fingerprint density at radius 2 is 1.16 bits per heavy atom. The number of nitrogens with two attached hydrogens (primary N) is 1. The SMILES string of the molecule is COc1c(C(N)=O)ccc(F)c1-c1cnc(NCC2(c3ncccc3F)CC(F)C2)nn1.[C-]#[N+]c1ccc(F)c(-c2cnc(NCC3(c4ncccc4F)CC(F)C3)nn2)c1OC. The van der Waals surface area contributed by atoms with Crippen molar-refractivity contribution >= 4 is 23.5 Å². The number of carbonyl (C=O) groups is 1. The standard InChI is InChI=1S/C21H19F3N6O2.C21H17F3N6O/c1-32-17-12(19(25)31)4-5-13(23)16(17)15-9-27-20(30-29-15)28-10-21(7-11(22)8-21)18-14(24)3-2-6-26-18;1-25-15-6-5-13(23)17(18(15)31-2)16-10-27-20(30-29-16)28-11-21(8-12(22)9-21)19-14(24)4-3-7-26-19/h2-6,9,11H,7-8,10H2,1H3,(H2,25,31)(H,27,28,30);3-7,10,12H,8-9,11H2,2H3,(H,27,28,30). The fraction of sp³-hybridized carbons (Fsp3) is 0.286. The number of benzene rings is 2. The van der Waals surface area contributed by atoms with E-state index < -0.39 is 52.3 Å². The van der Waals surface area contributed by atoms with Crippen LogP contribution in [0, 0.1) is 29.8 Å². The molecule has 4 aromatic heterocycles. The van der Waals surface area contributed by atoms with Gasteiger partial charge < -0.3 is 25.8 Å². The molecule has 8 rings (SSSR count). The van der Waals surface area contributed by atoms with Crippen molar-refractivity contribution in [3.63, 3.8) is 0 Å². The summed E-state index contributed by atoms with van der Waals surface area (Å²) in [6.07, 6.45) is 3.87. The highest BCUT2D eigenvalue weighted by molar-refractivity contribution is 5.98. The summed E-state index contributed by atoms with van der Waals surface area (Å²) in [5, 5.41) is 21.7. The molecule has 21 heteroatoms. The first-order valence-electron chi connectivity index (χ1n) is 19.1. The normalized spacial score (nSPS) is 19.9. The van der Waals surface area contributed by atoms with Gasteiger partial charge in [-0.15, -0.1) is 20.4 Å². The Balaban J connectivity index is 0.000000189. The van der Waals surface area contributed by atoms with Gasteiger partial charge in [-0.3, -0.25) is 14.8 Å². The number of primary amides is 1. The number of nitrogens with one attached hydrogen (secondary N) is 2. The van der Waals surface area contributed by atoms with E-state index in [4.69, 9.17) is 21.8 Å². The van der Waals surface area contributed by atoms with Gasteiger partial charge in [-0.1, -0.05) is 0 Å². The van der Waals surface area contributed by atoms with Crippen LogP contribution in [0.3, 0.4) is 0 Å². The van der Waals surface area contributed by atoms with Gasteiger partial charge in [-0.25, -0.2) is 41.2 Å². The van der Waals surface area contributed by atoms with Crippen LogP contribution in [-0.4, -0.2) is 85.9 Å². The van der Waals surface area contributed by atoms with Crippen LogP contribution in [0.25, 0.3) is 27.4 Å². The predicted octanol–water partition coefficient (Wildman–Crippen LogP) is 7.05. The molecule has 0 atom stereocenters. The molecule has 15 nitrogen and oxygen atoms in total. The number of rotatable bonds is 13. The first-order chi connectivity index (χ1) is 30.3. The molecule has 0 unspecified atom stereocenters. The van der Waals surface area contributed by atoms with Gasteiger partial charge in [0, 0.05) is 36.3 Å². The summed E-state index contributed by atoms with van der Waals surface area (Å²) in [5.74, 6) is -2.96. The maximum Gasteiger partial charge on any atom is 0.252 e. The molecule has 1 amide bonds. The average Bonchev–Trinajstić information content (AvgIpc) is 3.26. The average molecular weight is 871 g/mol. The summed E-state index contributed by atoms with van der Waals surface area (Å²) < 4.78 is 95.1. The number of alkyl halides is 2. The minimum absolute atomic E-state index is 0.0157. The Labute approximate surface area is 355 Å². The summed E-state index contributed by atoms with van der Waals surface area (Å²) in [6.45, 7) is 7.49. The molecule has 0 bridgehead atoms. The third-order valence-electron chi connectivity index (χ3n) is 10.8. The molecule has 2 aliphatic carbocycles. The fourth-order valence-electron chi connectivity index (χ4n) is 7.69. The summed E-state index contributed by atoms with van der Waals surface area (Å²) in [5.41, 5.74) is 4.14. The zero-order valence-corrected chi connectivity index (χ0v) is 33.4. The van der Waals surface area contributed by atoms with Gasteiger partial charge in [0.05, 0.1) is 61.3 Å². The van der Waals surface area contributed by atoms with Crippen LogP contribution in [0.1, 0.15) is 47.4 Å². The van der Waals surface area contributed by atoms with Crippen LogP contribution in [0.5, 0.6) is 11.5 Å². The molecule has 0 saturated heterocycles. The second-order valence-corrected chi connectivity index (χ2v) is 14.7. The number of nitrogens with zero attached hydrogens (tertiary/aromatic N) is 9. The summed E-state index contributed by atoms with van der Waals surface area (Å²) >= 11 is 0. The van der Waals surface area contributed by atoms with Crippen molar-refractivity contribution in [3.8, 4) is 34.0 Å². The van der Waals surface area contributed by atoms with Gasteiger partial charge in [0.15, 0.2) is 0 Å². The van der Waals surface area contributed by atoms with E-state index in [2.05, 4.69) is 55.8 Å². The second-order valence-electron chi connectivity index (χ2n) is 14.7. The molecule has 63 heavy (non-hydrogen) atoms. The zero-order valence-electron chi connectivity index (χ0n) is 33.4. The lowest BCUT2D eigenvalue weighted by Gasteiger charge is -2.43. The Morgan fingerprint density at radius 1 is 0.698 bits per heavy atom. The number of ether oxygens (including phenoxy) is 2. The maximum atomic E-state index is 14.5. The number of hydrogen-bond donors (Lipinski definition) is 3. The number of amides is 1. The van der Waals surface area contributed by atoms with E-state index in [9.17, 15) is 31.1 Å². The van der Waals surface area contributed by atoms with E-state index in [1.165, 1.54) is 75.4 Å². The number of carbonyl (C=O) groups excluding carboxylic acids is 1. The Kier molecular flexibility index (Phi) is 12.6. The van der Waals surface area contributed by atoms with E-state index in [-0.39, 0.29) is 107 Å². The smallest absolute Gasteiger partial charge is 0.252 e. The van der Waals surface area contributed by atoms with Gasteiger partial charge in [0.2, 0.25) is 17.6 Å². The zero-order chi connectivity index (χ0) is 44.9. The molecule has 6 aromatic rings. The highest BCUT2D eigenvalue weighted by atomic mass is 19.2. The first kappa shape index (κ1) is 43.6. The highest BCUT2D eigenvalue weighted by Gasteiger charge is 2.49. The van der Waals surface area contributed by atoms with Gasteiger partial charge in [-0.2, -0.15) is 0 Å². The van der Waals surface area contributed by atoms with Crippen molar-refractivity contribution < 1.29 is 40.6 Å². The van der Waals surface area contributed by atoms with Crippen molar-refractivity contribution in [1.82, 2.24) is 40.3 Å². The lowest BCUT2D eigenvalue weighted by molar-refractivity contribution is 0.0960. The number of pyridine rings is 2. The molecule has 0 spiro atoms. The summed E-state index contributed by atoms with van der Waals surface area (Å²) in [6, 6.07) is 10.3. The van der Waals surface area contributed by atoms with Crippen LogP contribution < -0.4 is 25.8 Å².